The predicted octanol–water partition coefficient (Wildman–Crippen LogP) is 8.61. The van der Waals surface area contributed by atoms with Crippen LogP contribution < -0.4 is 45.7 Å². The summed E-state index contributed by atoms with van der Waals surface area (Å²) in [7, 11) is 0. The second-order valence-corrected chi connectivity index (χ2v) is 33.8. The van der Waals surface area contributed by atoms with Crippen LogP contribution >= 0.6 is 0 Å². The zero-order valence-electron chi connectivity index (χ0n) is 43.1. The molecule has 0 atom stereocenters. The van der Waals surface area contributed by atoms with E-state index in [1.807, 2.05) is 6.55 Å². The Balaban J connectivity index is 0.000000159. The molecule has 0 radical (unpaired) electrons. The summed E-state index contributed by atoms with van der Waals surface area (Å²) < 4.78 is 34.3. The molecule has 4 aromatic carbocycles. The monoisotopic (exact) mass is 1090 g/mol. The number of alkyl halides is 3. The zero-order valence-corrected chi connectivity index (χ0v) is 48.1. The van der Waals surface area contributed by atoms with Crippen LogP contribution in [0, 0.1) is 46.3 Å². The molecule has 10 aliphatic carbocycles. The molecule has 0 spiro atoms. The Kier molecular flexibility index (Phi) is 16.3. The number of hydrogen-bond acceptors (Lipinski definition) is 0. The Labute approximate surface area is 451 Å². The minimum Gasteiger partial charge on any atom is -1.00 e. The predicted molar refractivity (Wildman–Crippen MR) is 280 cm³/mol. The van der Waals surface area contributed by atoms with E-state index in [2.05, 4.69) is 163 Å². The number of benzene rings is 4. The number of fused-ring (bicyclic) bond motifs is 2. The van der Waals surface area contributed by atoms with Crippen LogP contribution in [0.3, 0.4) is 0 Å². The fraction of sp³-hybridized carbons (Fsp3) is 0.500. The normalized spacial score (nSPS) is 29.2. The molecule has 8 saturated carbocycles. The largest absolute Gasteiger partial charge is 1.00 e. The average molecular weight is 1090 g/mol. The topological polar surface area (TPSA) is 0 Å². The molecular formula is C64H73Cl2F3SiZr-2. The molecule has 0 aromatic heterocycles. The molecule has 0 aliphatic heterocycles. The van der Waals surface area contributed by atoms with Gasteiger partial charge in [-0.15, -0.1) is 80.6 Å². The molecule has 0 amide bonds. The van der Waals surface area contributed by atoms with Crippen molar-refractivity contribution in [1.29, 1.82) is 0 Å². The molecule has 10 aliphatic rings. The van der Waals surface area contributed by atoms with Gasteiger partial charge in [0.25, 0.3) is 0 Å². The summed E-state index contributed by atoms with van der Waals surface area (Å²) in [5.74, 6) is 6.01. The van der Waals surface area contributed by atoms with Crippen molar-refractivity contribution in [2.75, 3.05) is 0 Å². The van der Waals surface area contributed by atoms with Gasteiger partial charge in [0.1, 0.15) is 0 Å². The minimum absolute atomic E-state index is 0. The maximum Gasteiger partial charge on any atom is -1.00 e. The molecule has 0 heterocycles. The molecule has 4 aromatic rings. The van der Waals surface area contributed by atoms with Gasteiger partial charge in [-0.25, -0.2) is 0 Å². The fourth-order valence-electron chi connectivity index (χ4n) is 15.2. The fourth-order valence-corrected chi connectivity index (χ4v) is 16.8. The first kappa shape index (κ1) is 54.6. The number of hydrogen-bond donors (Lipinski definition) is 0. The van der Waals surface area contributed by atoms with Gasteiger partial charge >= 0.3 is 67.1 Å². The molecular weight excluding hydrogens is 1020 g/mol. The van der Waals surface area contributed by atoms with Crippen LogP contribution in [-0.4, -0.2) is 11.6 Å². The number of allylic oxidation sites excluding steroid dienone is 4. The van der Waals surface area contributed by atoms with Crippen molar-refractivity contribution in [2.24, 2.45) is 46.3 Å². The first-order chi connectivity index (χ1) is 32.7. The third kappa shape index (κ3) is 12.5. The van der Waals surface area contributed by atoms with Crippen LogP contribution in [0.4, 0.5) is 13.2 Å². The summed E-state index contributed by atoms with van der Waals surface area (Å²) in [5, 5.41) is 5.12. The van der Waals surface area contributed by atoms with Crippen molar-refractivity contribution in [3.8, 4) is 22.3 Å². The summed E-state index contributed by atoms with van der Waals surface area (Å²) in [6.45, 7) is 15.4. The molecule has 0 saturated heterocycles. The van der Waals surface area contributed by atoms with Gasteiger partial charge in [-0.2, -0.15) is 0 Å². The molecule has 0 N–H and O–H groups in total. The Morgan fingerprint density at radius 3 is 1.13 bits per heavy atom. The van der Waals surface area contributed by atoms with Crippen LogP contribution in [0.5, 0.6) is 0 Å². The van der Waals surface area contributed by atoms with Gasteiger partial charge in [-0.1, -0.05) is 125 Å². The molecule has 374 valence electrons. The van der Waals surface area contributed by atoms with E-state index in [-0.39, 0.29) is 35.6 Å². The molecule has 14 rings (SSSR count). The SMILES string of the molecule is CC(C)(C)C=C1[C-]=c2cccc(-c3ccc(C45CC6CC(CC(C6)C4)C5)cc3)c2=C1.CC(C)(C)C=C1[C-]=c2cccc(-c3ccc(C45CC6CC(CC(C6)C4)C5)cc3)c2=C1.C[Si](=[Zr+2])CCC(F)(F)F.[Cl-].[Cl-]. The Bertz CT molecular complexity index is 2670. The second-order valence-electron chi connectivity index (χ2n) is 25.4. The Morgan fingerprint density at radius 2 is 0.859 bits per heavy atom. The summed E-state index contributed by atoms with van der Waals surface area (Å²) in [6.07, 6.45) is 29.7. The van der Waals surface area contributed by atoms with E-state index in [1.165, 1.54) is 155 Å². The van der Waals surface area contributed by atoms with Crippen molar-refractivity contribution in [3.05, 3.63) is 140 Å². The summed E-state index contributed by atoms with van der Waals surface area (Å²) >= 11 is 1.29. The molecule has 8 fully saturated rings. The van der Waals surface area contributed by atoms with Crippen molar-refractivity contribution < 1.29 is 61.3 Å². The Hall–Kier alpha value is -2.69. The van der Waals surface area contributed by atoms with Gasteiger partial charge < -0.3 is 24.8 Å². The van der Waals surface area contributed by atoms with Crippen molar-refractivity contribution in [2.45, 2.75) is 155 Å². The van der Waals surface area contributed by atoms with E-state index in [9.17, 15) is 13.2 Å². The summed E-state index contributed by atoms with van der Waals surface area (Å²) in [5.41, 5.74) is 11.8. The third-order valence-corrected chi connectivity index (χ3v) is 19.9. The van der Waals surface area contributed by atoms with Gasteiger partial charge in [0.2, 0.25) is 0 Å². The third-order valence-electron chi connectivity index (χ3n) is 17.0. The van der Waals surface area contributed by atoms with Crippen LogP contribution in [0.1, 0.15) is 136 Å². The van der Waals surface area contributed by atoms with Crippen LogP contribution in [0.2, 0.25) is 12.6 Å². The minimum atomic E-state index is -3.93. The molecule has 7 heteroatoms. The molecule has 0 nitrogen and oxygen atoms in total. The number of rotatable bonds is 6. The van der Waals surface area contributed by atoms with Crippen LogP contribution in [0.25, 0.3) is 46.6 Å². The quantitative estimate of drug-likeness (QED) is 0.134. The van der Waals surface area contributed by atoms with Crippen LogP contribution in [0.15, 0.2) is 108 Å². The standard InChI is InChI=1S/2C30H33.C4H7F3Si.2ClH.Zr/c2*1-29(2,3)16-23-14-25-5-4-6-27(28(25)15-23)24-7-9-26(10-8-24)30-17-20-11-21(18-30)13-22(12-20)19-30;1-8-3-2-4(5,6)7;;;/h2*4-10,15-16,20-22H,11-13,17-19H2,1-3H3;2-3H2,1H3;2*1H;/q2*-1;;;;+2/p-2. The molecule has 0 unspecified atom stereocenters. The van der Waals surface area contributed by atoms with Crippen molar-refractivity contribution in [1.82, 2.24) is 0 Å². The van der Waals surface area contributed by atoms with Gasteiger partial charge in [0.15, 0.2) is 0 Å². The molecule has 8 bridgehead atoms. The first-order valence-corrected chi connectivity index (χ1v) is 32.3. The van der Waals surface area contributed by atoms with E-state index in [0.717, 1.165) is 35.5 Å². The van der Waals surface area contributed by atoms with E-state index in [0.29, 0.717) is 16.9 Å². The van der Waals surface area contributed by atoms with E-state index >= 15 is 0 Å². The van der Waals surface area contributed by atoms with E-state index in [4.69, 9.17) is 0 Å². The molecule has 71 heavy (non-hydrogen) atoms. The zero-order chi connectivity index (χ0) is 48.5. The van der Waals surface area contributed by atoms with E-state index < -0.39 is 18.0 Å². The first-order valence-electron chi connectivity index (χ1n) is 26.4. The average Bonchev–Trinajstić information content (AvgIpc) is 3.87. The van der Waals surface area contributed by atoms with Crippen LogP contribution in [-0.2, 0) is 34.2 Å². The van der Waals surface area contributed by atoms with Gasteiger partial charge in [0.05, 0.1) is 0 Å². The Morgan fingerprint density at radius 1 is 0.535 bits per heavy atom. The van der Waals surface area contributed by atoms with Crippen molar-refractivity contribution >= 4 is 29.7 Å². The maximum absolute atomic E-state index is 11.4. The second kappa shape index (κ2) is 21.1. The van der Waals surface area contributed by atoms with Gasteiger partial charge in [-0.05, 0) is 156 Å². The number of halogens is 5. The maximum atomic E-state index is 11.4. The summed E-state index contributed by atoms with van der Waals surface area (Å²) in [4.78, 5) is 0. The van der Waals surface area contributed by atoms with Crippen molar-refractivity contribution in [3.63, 3.8) is 0 Å². The van der Waals surface area contributed by atoms with E-state index in [1.54, 1.807) is 11.1 Å². The smallest absolute Gasteiger partial charge is 1.00 e. The summed E-state index contributed by atoms with van der Waals surface area (Å²) in [6, 6.07) is 33.1. The van der Waals surface area contributed by atoms with Gasteiger partial charge in [0, 0.05) is 0 Å². The van der Waals surface area contributed by atoms with Gasteiger partial charge in [-0.3, -0.25) is 0 Å².